The fourth-order valence-corrected chi connectivity index (χ4v) is 3.70. The van der Waals surface area contributed by atoms with Crippen molar-refractivity contribution in [3.8, 4) is 11.3 Å². The van der Waals surface area contributed by atoms with Crippen LogP contribution >= 0.6 is 11.3 Å². The maximum absolute atomic E-state index is 5.80. The molecular weight excluding hydrogens is 284 g/mol. The van der Waals surface area contributed by atoms with Crippen LogP contribution in [-0.4, -0.2) is 25.3 Å². The lowest BCUT2D eigenvalue weighted by Gasteiger charge is -2.33. The molecule has 1 aromatic heterocycles. The number of nitrogens with zero attached hydrogens (tertiary/aromatic N) is 1. The van der Waals surface area contributed by atoms with E-state index in [1.807, 2.05) is 0 Å². The van der Waals surface area contributed by atoms with Gasteiger partial charge in [-0.05, 0) is 5.56 Å². The highest BCUT2D eigenvalue weighted by atomic mass is 32.1. The molecule has 5 heteroatoms. The van der Waals surface area contributed by atoms with Gasteiger partial charge in [-0.3, -0.25) is 0 Å². The van der Waals surface area contributed by atoms with Gasteiger partial charge in [-0.25, -0.2) is 4.98 Å². The summed E-state index contributed by atoms with van der Waals surface area (Å²) in [6, 6.07) is 8.25. The lowest BCUT2D eigenvalue weighted by molar-refractivity contribution is -0.0947. The molecule has 1 aromatic carbocycles. The molecule has 0 radical (unpaired) electrons. The minimum atomic E-state index is -0.279. The van der Waals surface area contributed by atoms with Crippen LogP contribution in [-0.2, 0) is 21.6 Å². The van der Waals surface area contributed by atoms with Crippen molar-refractivity contribution in [2.45, 2.75) is 25.0 Å². The first-order chi connectivity index (χ1) is 10.3. The Balaban J connectivity index is 1.87. The van der Waals surface area contributed by atoms with Crippen molar-refractivity contribution in [3.05, 3.63) is 40.2 Å². The zero-order valence-corrected chi connectivity index (χ0v) is 13.0. The predicted molar refractivity (Wildman–Crippen MR) is 84.2 cm³/mol. The lowest BCUT2D eigenvalue weighted by atomic mass is 9.95. The van der Waals surface area contributed by atoms with Crippen LogP contribution in [0.5, 0.6) is 0 Å². The molecule has 2 N–H and O–H groups in total. The van der Waals surface area contributed by atoms with Gasteiger partial charge in [-0.1, -0.05) is 24.3 Å². The minimum absolute atomic E-state index is 0.279. The number of aromatic nitrogens is 1. The monoisotopic (exact) mass is 304 g/mol. The van der Waals surface area contributed by atoms with Gasteiger partial charge in [0.1, 0.15) is 10.6 Å². The number of methoxy groups -OCH3 is 1. The molecule has 1 fully saturated rings. The lowest BCUT2D eigenvalue weighted by Crippen LogP contribution is -2.35. The van der Waals surface area contributed by atoms with Gasteiger partial charge in [0, 0.05) is 50.7 Å². The van der Waals surface area contributed by atoms with Crippen molar-refractivity contribution >= 4 is 11.3 Å². The van der Waals surface area contributed by atoms with Crippen LogP contribution in [0, 0.1) is 0 Å². The summed E-state index contributed by atoms with van der Waals surface area (Å²) in [5.74, 6) is 0. The molecule has 3 rings (SSSR count). The number of hydrogen-bond donors (Lipinski definition) is 1. The standard InChI is InChI=1S/C16H20N2O2S/c1-19-16(6-8-20-9-7-16)15-18-14(11-21-15)13-4-2-12(10-17)3-5-13/h2-5,11H,6-10,17H2,1H3. The average Bonchev–Trinajstić information content (AvgIpc) is 3.06. The maximum atomic E-state index is 5.80. The third-order valence-electron chi connectivity index (χ3n) is 4.07. The number of nitrogens with two attached hydrogens (primary N) is 1. The summed E-state index contributed by atoms with van der Waals surface area (Å²) in [6.07, 6.45) is 1.73. The molecule has 0 saturated carbocycles. The van der Waals surface area contributed by atoms with Crippen molar-refractivity contribution in [3.63, 3.8) is 0 Å². The highest BCUT2D eigenvalue weighted by molar-refractivity contribution is 7.10. The maximum Gasteiger partial charge on any atom is 0.125 e. The van der Waals surface area contributed by atoms with E-state index >= 15 is 0 Å². The van der Waals surface area contributed by atoms with E-state index in [4.69, 9.17) is 20.2 Å². The quantitative estimate of drug-likeness (QED) is 0.943. The third-order valence-corrected chi connectivity index (χ3v) is 5.10. The zero-order valence-electron chi connectivity index (χ0n) is 12.2. The van der Waals surface area contributed by atoms with Crippen molar-refractivity contribution in [1.29, 1.82) is 0 Å². The molecule has 2 aromatic rings. The van der Waals surface area contributed by atoms with Crippen LogP contribution in [0.1, 0.15) is 23.4 Å². The molecule has 1 saturated heterocycles. The van der Waals surface area contributed by atoms with E-state index in [9.17, 15) is 0 Å². The number of thiazole rings is 1. The van der Waals surface area contributed by atoms with Crippen molar-refractivity contribution in [2.24, 2.45) is 5.73 Å². The molecule has 4 nitrogen and oxygen atoms in total. The van der Waals surface area contributed by atoms with E-state index in [1.54, 1.807) is 18.4 Å². The van der Waals surface area contributed by atoms with Gasteiger partial charge in [0.15, 0.2) is 0 Å². The van der Waals surface area contributed by atoms with Crippen LogP contribution in [0.25, 0.3) is 11.3 Å². The number of ether oxygens (including phenoxy) is 2. The van der Waals surface area contributed by atoms with Gasteiger partial charge < -0.3 is 15.2 Å². The first-order valence-corrected chi connectivity index (χ1v) is 8.04. The Morgan fingerprint density at radius 1 is 1.29 bits per heavy atom. The molecule has 2 heterocycles. The molecule has 0 amide bonds. The number of rotatable bonds is 4. The highest BCUT2D eigenvalue weighted by Crippen LogP contribution is 2.38. The van der Waals surface area contributed by atoms with Crippen LogP contribution in [0.3, 0.4) is 0 Å². The first kappa shape index (κ1) is 14.7. The summed E-state index contributed by atoms with van der Waals surface area (Å²) in [6.45, 7) is 2.03. The first-order valence-electron chi connectivity index (χ1n) is 7.16. The minimum Gasteiger partial charge on any atom is -0.381 e. The van der Waals surface area contributed by atoms with Gasteiger partial charge in [0.2, 0.25) is 0 Å². The second-order valence-corrected chi connectivity index (χ2v) is 6.11. The van der Waals surface area contributed by atoms with Gasteiger partial charge in [-0.2, -0.15) is 0 Å². The smallest absolute Gasteiger partial charge is 0.125 e. The second kappa shape index (κ2) is 6.23. The highest BCUT2D eigenvalue weighted by Gasteiger charge is 2.37. The van der Waals surface area contributed by atoms with E-state index in [-0.39, 0.29) is 5.60 Å². The van der Waals surface area contributed by atoms with Crippen molar-refractivity contribution in [2.75, 3.05) is 20.3 Å². The summed E-state index contributed by atoms with van der Waals surface area (Å²) in [5, 5.41) is 3.15. The topological polar surface area (TPSA) is 57.4 Å². The summed E-state index contributed by atoms with van der Waals surface area (Å²) in [5.41, 5.74) is 8.61. The Kier molecular flexibility index (Phi) is 4.35. The molecule has 0 atom stereocenters. The van der Waals surface area contributed by atoms with E-state index in [0.717, 1.165) is 47.9 Å². The summed E-state index contributed by atoms with van der Waals surface area (Å²) >= 11 is 1.67. The van der Waals surface area contributed by atoms with E-state index < -0.39 is 0 Å². The fourth-order valence-electron chi connectivity index (χ4n) is 2.63. The molecule has 0 unspecified atom stereocenters. The number of hydrogen-bond acceptors (Lipinski definition) is 5. The van der Waals surface area contributed by atoms with Crippen LogP contribution in [0.2, 0.25) is 0 Å². The molecule has 0 aliphatic carbocycles. The van der Waals surface area contributed by atoms with Gasteiger partial charge in [0.25, 0.3) is 0 Å². The van der Waals surface area contributed by atoms with Crippen molar-refractivity contribution < 1.29 is 9.47 Å². The molecular formula is C16H20N2O2S. The van der Waals surface area contributed by atoms with Crippen LogP contribution < -0.4 is 5.73 Å². The molecule has 21 heavy (non-hydrogen) atoms. The summed E-state index contributed by atoms with van der Waals surface area (Å²) < 4.78 is 11.3. The van der Waals surface area contributed by atoms with E-state index in [2.05, 4.69) is 29.6 Å². The van der Waals surface area contributed by atoms with Gasteiger partial charge in [-0.15, -0.1) is 11.3 Å². The average molecular weight is 304 g/mol. The molecule has 1 aliphatic heterocycles. The summed E-state index contributed by atoms with van der Waals surface area (Å²) in [7, 11) is 1.77. The van der Waals surface area contributed by atoms with Crippen molar-refractivity contribution in [1.82, 2.24) is 4.98 Å². The second-order valence-electron chi connectivity index (χ2n) is 5.25. The molecule has 112 valence electrons. The Hall–Kier alpha value is -1.27. The molecule has 0 spiro atoms. The predicted octanol–water partition coefficient (Wildman–Crippen LogP) is 2.92. The Morgan fingerprint density at radius 3 is 2.62 bits per heavy atom. The van der Waals surface area contributed by atoms with Gasteiger partial charge in [0.05, 0.1) is 5.69 Å². The Morgan fingerprint density at radius 2 is 2.00 bits per heavy atom. The Labute approximate surface area is 128 Å². The van der Waals surface area contributed by atoms with Crippen LogP contribution in [0.15, 0.2) is 29.6 Å². The van der Waals surface area contributed by atoms with E-state index in [1.165, 1.54) is 0 Å². The molecule has 0 bridgehead atoms. The van der Waals surface area contributed by atoms with Crippen LogP contribution in [0.4, 0.5) is 0 Å². The SMILES string of the molecule is COC1(c2nc(-c3ccc(CN)cc3)cs2)CCOCC1. The van der Waals surface area contributed by atoms with Gasteiger partial charge >= 0.3 is 0 Å². The largest absolute Gasteiger partial charge is 0.381 e. The van der Waals surface area contributed by atoms with E-state index in [0.29, 0.717) is 6.54 Å². The fraction of sp³-hybridized carbons (Fsp3) is 0.438. The zero-order chi connectivity index (χ0) is 14.7. The number of benzene rings is 1. The third kappa shape index (κ3) is 2.87. The normalized spacial score (nSPS) is 17.8. The Bertz CT molecular complexity index is 589. The molecule has 1 aliphatic rings. The summed E-state index contributed by atoms with van der Waals surface area (Å²) in [4.78, 5) is 4.81.